The number of hydrogen-bond donors (Lipinski definition) is 1. The third kappa shape index (κ3) is 1.39. The number of nitrogens with one attached hydrogen (secondary N) is 1. The highest BCUT2D eigenvalue weighted by atomic mass is 15.4. The molecule has 5 heteroatoms. The van der Waals surface area contributed by atoms with Crippen LogP contribution in [0.4, 0.5) is 0 Å². The van der Waals surface area contributed by atoms with Crippen molar-refractivity contribution >= 4 is 5.65 Å². The van der Waals surface area contributed by atoms with Crippen molar-refractivity contribution in [1.82, 2.24) is 25.1 Å². The Morgan fingerprint density at radius 2 is 2.33 bits per heavy atom. The lowest BCUT2D eigenvalue weighted by molar-refractivity contribution is 0.663. The maximum absolute atomic E-state index is 4.44. The van der Waals surface area contributed by atoms with Crippen molar-refractivity contribution < 1.29 is 0 Å². The zero-order valence-corrected chi connectivity index (χ0v) is 8.64. The number of fused-ring (bicyclic) bond motifs is 1. The van der Waals surface area contributed by atoms with Crippen LogP contribution in [0, 0.1) is 6.92 Å². The van der Waals surface area contributed by atoms with Gasteiger partial charge in [-0.15, -0.1) is 10.2 Å². The summed E-state index contributed by atoms with van der Waals surface area (Å²) < 4.78 is 1.87. The minimum atomic E-state index is 0.453. The maximum atomic E-state index is 4.44. The molecule has 0 spiro atoms. The molecule has 0 bridgehead atoms. The van der Waals surface area contributed by atoms with E-state index in [2.05, 4.69) is 20.6 Å². The molecule has 1 aliphatic rings. The second kappa shape index (κ2) is 3.27. The molecule has 1 aliphatic heterocycles. The third-order valence-corrected chi connectivity index (χ3v) is 2.85. The first-order chi connectivity index (χ1) is 7.34. The van der Waals surface area contributed by atoms with Crippen molar-refractivity contribution in [3.8, 4) is 0 Å². The Hall–Kier alpha value is -1.49. The molecule has 78 valence electrons. The fourth-order valence-electron chi connectivity index (χ4n) is 2.03. The number of aryl methyl sites for hydroxylation is 1. The van der Waals surface area contributed by atoms with Gasteiger partial charge in [-0.2, -0.15) is 9.61 Å². The van der Waals surface area contributed by atoms with Gasteiger partial charge in [0.1, 0.15) is 0 Å². The standard InChI is InChI=1S/C10H13N5/c1-7-2-3-9-12-13-10(15(9)14-7)8-4-5-11-6-8/h2-3,8,11H,4-6H2,1H3. The average Bonchev–Trinajstić information content (AvgIpc) is 2.83. The van der Waals surface area contributed by atoms with Gasteiger partial charge in [-0.3, -0.25) is 0 Å². The molecule has 0 aromatic carbocycles. The van der Waals surface area contributed by atoms with Crippen LogP contribution >= 0.6 is 0 Å². The molecular formula is C10H13N5. The van der Waals surface area contributed by atoms with E-state index < -0.39 is 0 Å². The molecule has 0 amide bonds. The Bertz CT molecular complexity index is 484. The van der Waals surface area contributed by atoms with Gasteiger partial charge in [0.05, 0.1) is 5.69 Å². The molecule has 3 heterocycles. The first-order valence-corrected chi connectivity index (χ1v) is 5.24. The molecule has 0 aliphatic carbocycles. The van der Waals surface area contributed by atoms with Gasteiger partial charge in [-0.1, -0.05) is 0 Å². The van der Waals surface area contributed by atoms with E-state index in [0.717, 1.165) is 36.7 Å². The van der Waals surface area contributed by atoms with Gasteiger partial charge < -0.3 is 5.32 Å². The van der Waals surface area contributed by atoms with Gasteiger partial charge in [-0.05, 0) is 32.0 Å². The molecule has 2 aromatic rings. The fraction of sp³-hybridized carbons (Fsp3) is 0.500. The van der Waals surface area contributed by atoms with Gasteiger partial charge in [-0.25, -0.2) is 0 Å². The van der Waals surface area contributed by atoms with Gasteiger partial charge in [0.2, 0.25) is 0 Å². The first-order valence-electron chi connectivity index (χ1n) is 5.24. The monoisotopic (exact) mass is 203 g/mol. The van der Waals surface area contributed by atoms with Gasteiger partial charge >= 0.3 is 0 Å². The van der Waals surface area contributed by atoms with Crippen LogP contribution < -0.4 is 5.32 Å². The lowest BCUT2D eigenvalue weighted by Crippen LogP contribution is -2.11. The molecule has 1 atom stereocenters. The van der Waals surface area contributed by atoms with E-state index in [4.69, 9.17) is 0 Å². The molecule has 1 saturated heterocycles. The molecule has 2 aromatic heterocycles. The predicted molar refractivity (Wildman–Crippen MR) is 55.7 cm³/mol. The topological polar surface area (TPSA) is 55.1 Å². The minimum Gasteiger partial charge on any atom is -0.316 e. The van der Waals surface area contributed by atoms with Crippen molar-refractivity contribution in [1.29, 1.82) is 0 Å². The van der Waals surface area contributed by atoms with E-state index in [1.807, 2.05) is 23.6 Å². The second-order valence-corrected chi connectivity index (χ2v) is 3.99. The van der Waals surface area contributed by atoms with Crippen LogP contribution in [0.1, 0.15) is 23.9 Å². The molecule has 1 unspecified atom stereocenters. The van der Waals surface area contributed by atoms with Crippen molar-refractivity contribution in [3.05, 3.63) is 23.7 Å². The lowest BCUT2D eigenvalue weighted by atomic mass is 10.1. The minimum absolute atomic E-state index is 0.453. The Balaban J connectivity index is 2.13. The summed E-state index contributed by atoms with van der Waals surface area (Å²) in [4.78, 5) is 0. The van der Waals surface area contributed by atoms with Gasteiger partial charge in [0.25, 0.3) is 0 Å². The smallest absolute Gasteiger partial charge is 0.177 e. The summed E-state index contributed by atoms with van der Waals surface area (Å²) >= 11 is 0. The van der Waals surface area contributed by atoms with Crippen molar-refractivity contribution in [2.45, 2.75) is 19.3 Å². The Kier molecular flexibility index (Phi) is 1.92. The SMILES string of the molecule is Cc1ccc2nnc(C3CCNC3)n2n1. The Labute approximate surface area is 87.5 Å². The first kappa shape index (κ1) is 8.79. The van der Waals surface area contributed by atoms with Crippen molar-refractivity contribution in [2.24, 2.45) is 0 Å². The number of rotatable bonds is 1. The van der Waals surface area contributed by atoms with Crippen LogP contribution in [-0.4, -0.2) is 32.9 Å². The molecule has 15 heavy (non-hydrogen) atoms. The van der Waals surface area contributed by atoms with E-state index in [-0.39, 0.29) is 0 Å². The molecule has 1 N–H and O–H groups in total. The predicted octanol–water partition coefficient (Wildman–Crippen LogP) is 0.510. The average molecular weight is 203 g/mol. The summed E-state index contributed by atoms with van der Waals surface area (Å²) in [6, 6.07) is 3.92. The van der Waals surface area contributed by atoms with E-state index in [0.29, 0.717) is 5.92 Å². The quantitative estimate of drug-likeness (QED) is 0.733. The molecule has 5 nitrogen and oxygen atoms in total. The Morgan fingerprint density at radius 1 is 1.40 bits per heavy atom. The van der Waals surface area contributed by atoms with Crippen LogP contribution in [-0.2, 0) is 0 Å². The second-order valence-electron chi connectivity index (χ2n) is 3.99. The summed E-state index contributed by atoms with van der Waals surface area (Å²) in [5.74, 6) is 1.44. The van der Waals surface area contributed by atoms with Crippen LogP contribution in [0.2, 0.25) is 0 Å². The fourth-order valence-corrected chi connectivity index (χ4v) is 2.03. The highest BCUT2D eigenvalue weighted by Crippen LogP contribution is 2.20. The van der Waals surface area contributed by atoms with Crippen LogP contribution in [0.3, 0.4) is 0 Å². The summed E-state index contributed by atoms with van der Waals surface area (Å²) in [6.45, 7) is 4.03. The third-order valence-electron chi connectivity index (χ3n) is 2.85. The molecule has 1 fully saturated rings. The van der Waals surface area contributed by atoms with Crippen LogP contribution in [0.25, 0.3) is 5.65 Å². The van der Waals surface area contributed by atoms with E-state index in [1.54, 1.807) is 0 Å². The van der Waals surface area contributed by atoms with Crippen molar-refractivity contribution in [2.75, 3.05) is 13.1 Å². The van der Waals surface area contributed by atoms with Crippen LogP contribution in [0.15, 0.2) is 12.1 Å². The molecule has 0 radical (unpaired) electrons. The molecule has 0 saturated carbocycles. The van der Waals surface area contributed by atoms with E-state index >= 15 is 0 Å². The van der Waals surface area contributed by atoms with Gasteiger partial charge in [0.15, 0.2) is 11.5 Å². The molecule has 3 rings (SSSR count). The lowest BCUT2D eigenvalue weighted by Gasteiger charge is -2.04. The number of nitrogens with zero attached hydrogens (tertiary/aromatic N) is 4. The van der Waals surface area contributed by atoms with E-state index in [9.17, 15) is 0 Å². The summed E-state index contributed by atoms with van der Waals surface area (Å²) in [5.41, 5.74) is 1.83. The van der Waals surface area contributed by atoms with E-state index in [1.165, 1.54) is 0 Å². The summed E-state index contributed by atoms with van der Waals surface area (Å²) in [7, 11) is 0. The summed E-state index contributed by atoms with van der Waals surface area (Å²) in [5, 5.41) is 16.1. The Morgan fingerprint density at radius 3 is 3.13 bits per heavy atom. The summed E-state index contributed by atoms with van der Waals surface area (Å²) in [6.07, 6.45) is 1.12. The molecular weight excluding hydrogens is 190 g/mol. The largest absolute Gasteiger partial charge is 0.316 e. The maximum Gasteiger partial charge on any atom is 0.177 e. The number of aromatic nitrogens is 4. The van der Waals surface area contributed by atoms with Crippen molar-refractivity contribution in [3.63, 3.8) is 0 Å². The normalized spacial score (nSPS) is 21.3. The number of hydrogen-bond acceptors (Lipinski definition) is 4. The zero-order valence-electron chi connectivity index (χ0n) is 8.64. The highest BCUT2D eigenvalue weighted by molar-refractivity contribution is 5.36. The van der Waals surface area contributed by atoms with Crippen LogP contribution in [0.5, 0.6) is 0 Å². The highest BCUT2D eigenvalue weighted by Gasteiger charge is 2.22. The zero-order chi connectivity index (χ0) is 10.3. The van der Waals surface area contributed by atoms with Gasteiger partial charge in [0, 0.05) is 12.5 Å².